The summed E-state index contributed by atoms with van der Waals surface area (Å²) in [6.45, 7) is 0.0990. The first kappa shape index (κ1) is 30.6. The van der Waals surface area contributed by atoms with Crippen molar-refractivity contribution in [3.63, 3.8) is 0 Å². The molecule has 5 heterocycles. The van der Waals surface area contributed by atoms with Gasteiger partial charge < -0.3 is 35.0 Å². The van der Waals surface area contributed by atoms with Crippen LogP contribution in [0.15, 0.2) is 28.4 Å². The Bertz CT molecular complexity index is 1670. The first-order valence-electron chi connectivity index (χ1n) is 12.3. The van der Waals surface area contributed by atoms with E-state index < -0.39 is 77.0 Å². The second-order valence-corrected chi connectivity index (χ2v) is 12.1. The minimum atomic E-state index is -5.06. The highest BCUT2D eigenvalue weighted by Crippen LogP contribution is 2.50. The molecular formula is C20H27N7O13P2. The summed E-state index contributed by atoms with van der Waals surface area (Å²) in [7, 11) is -9.97. The Morgan fingerprint density at radius 3 is 2.40 bits per heavy atom. The van der Waals surface area contributed by atoms with Crippen molar-refractivity contribution in [1.29, 1.82) is 0 Å². The van der Waals surface area contributed by atoms with Gasteiger partial charge in [0.2, 0.25) is 0 Å². The van der Waals surface area contributed by atoms with Crippen molar-refractivity contribution in [1.82, 2.24) is 29.1 Å². The Morgan fingerprint density at radius 1 is 1.05 bits per heavy atom. The third-order valence-electron chi connectivity index (χ3n) is 6.64. The molecule has 1 unspecified atom stereocenters. The number of aryl methyl sites for hydroxylation is 1. The van der Waals surface area contributed by atoms with Gasteiger partial charge in [-0.05, 0) is 6.92 Å². The fourth-order valence-electron chi connectivity index (χ4n) is 4.70. The predicted octanol–water partition coefficient (Wildman–Crippen LogP) is -1.19. The van der Waals surface area contributed by atoms with E-state index >= 15 is 0 Å². The molecule has 2 fully saturated rings. The standard InChI is InChI=1S/C20H27N7O13P2/c1-9-4-26(20(30)25-19(9)29)14-3-11(39-41(31,32)33)13(38-14)6-36-42(34,35)40-10-2-15(37-12(10)5-28)27-8-24-16-17(21)22-7-23-18(16)27/h4,7-8,10-15,28H,2-3,5-6H2,1H3,(H,34,35)(H2,21,22,23)(H,25,29,30)(H2,31,32,33)/t10-,11-,12+,13+,14+,15+/m0/s1. The molecule has 7 atom stereocenters. The number of rotatable bonds is 10. The maximum atomic E-state index is 12.9. The largest absolute Gasteiger partial charge is 0.472 e. The zero-order valence-corrected chi connectivity index (χ0v) is 23.5. The normalized spacial score (nSPS) is 27.9. The highest BCUT2D eigenvalue weighted by atomic mass is 31.2. The number of phosphoric ester groups is 2. The van der Waals surface area contributed by atoms with E-state index in [0.717, 1.165) is 4.57 Å². The summed E-state index contributed by atoms with van der Waals surface area (Å²) in [5.41, 5.74) is 5.12. The molecule has 0 saturated carbocycles. The summed E-state index contributed by atoms with van der Waals surface area (Å²) in [4.78, 5) is 67.3. The minimum absolute atomic E-state index is 0.0328. The molecule has 42 heavy (non-hydrogen) atoms. The number of imidazole rings is 1. The number of nitrogens with two attached hydrogens (primary N) is 1. The number of ether oxygens (including phenoxy) is 2. The molecule has 0 spiro atoms. The minimum Gasteiger partial charge on any atom is -0.394 e. The molecule has 0 aliphatic carbocycles. The number of hydrogen-bond donors (Lipinski definition) is 6. The quantitative estimate of drug-likeness (QED) is 0.143. The number of phosphoric acid groups is 2. The molecule has 2 saturated heterocycles. The molecule has 3 aromatic heterocycles. The van der Waals surface area contributed by atoms with Gasteiger partial charge in [0.05, 0.1) is 19.5 Å². The van der Waals surface area contributed by atoms with Crippen molar-refractivity contribution in [2.75, 3.05) is 18.9 Å². The topological polar surface area (TPSA) is 286 Å². The molecule has 0 aromatic carbocycles. The first-order chi connectivity index (χ1) is 19.7. The van der Waals surface area contributed by atoms with E-state index in [4.69, 9.17) is 28.8 Å². The number of aliphatic hydroxyl groups excluding tert-OH is 1. The zero-order valence-electron chi connectivity index (χ0n) is 21.7. The number of aromatic nitrogens is 6. The molecule has 2 aliphatic rings. The van der Waals surface area contributed by atoms with E-state index in [1.54, 1.807) is 0 Å². The first-order valence-corrected chi connectivity index (χ1v) is 15.3. The van der Waals surface area contributed by atoms with Gasteiger partial charge in [0.25, 0.3) is 5.56 Å². The number of hydrogen-bond acceptors (Lipinski definition) is 14. The van der Waals surface area contributed by atoms with Crippen molar-refractivity contribution in [2.45, 2.75) is 56.6 Å². The van der Waals surface area contributed by atoms with Crippen LogP contribution in [0.5, 0.6) is 0 Å². The van der Waals surface area contributed by atoms with E-state index in [1.165, 1.54) is 30.3 Å². The molecule has 22 heteroatoms. The van der Waals surface area contributed by atoms with Crippen molar-refractivity contribution in [2.24, 2.45) is 0 Å². The fraction of sp³-hybridized carbons (Fsp3) is 0.550. The lowest BCUT2D eigenvalue weighted by atomic mass is 10.2. The summed E-state index contributed by atoms with van der Waals surface area (Å²) < 4.78 is 53.5. The monoisotopic (exact) mass is 635 g/mol. The van der Waals surface area contributed by atoms with Gasteiger partial charge in [-0.15, -0.1) is 0 Å². The Kier molecular flexibility index (Phi) is 8.49. The summed E-state index contributed by atoms with van der Waals surface area (Å²) in [6.07, 6.45) is -3.42. The number of anilines is 1. The third-order valence-corrected chi connectivity index (χ3v) is 8.20. The summed E-state index contributed by atoms with van der Waals surface area (Å²) in [6, 6.07) is 0. The van der Waals surface area contributed by atoms with Gasteiger partial charge in [-0.3, -0.25) is 32.5 Å². The Labute approximate surface area is 234 Å². The Morgan fingerprint density at radius 2 is 1.71 bits per heavy atom. The number of nitrogen functional groups attached to an aromatic ring is 1. The number of nitrogens with one attached hydrogen (secondary N) is 1. The van der Waals surface area contributed by atoms with Crippen molar-refractivity contribution in [3.8, 4) is 0 Å². The lowest BCUT2D eigenvalue weighted by molar-refractivity contribution is -0.0562. The van der Waals surface area contributed by atoms with Crippen molar-refractivity contribution in [3.05, 3.63) is 45.3 Å². The molecule has 5 rings (SSSR count). The molecule has 230 valence electrons. The number of aromatic amines is 1. The van der Waals surface area contributed by atoms with Crippen LogP contribution in [-0.2, 0) is 32.2 Å². The molecule has 2 aliphatic heterocycles. The van der Waals surface area contributed by atoms with Gasteiger partial charge in [0, 0.05) is 24.6 Å². The lowest BCUT2D eigenvalue weighted by Crippen LogP contribution is -2.33. The lowest BCUT2D eigenvalue weighted by Gasteiger charge is -2.23. The van der Waals surface area contributed by atoms with E-state index in [0.29, 0.717) is 11.2 Å². The summed E-state index contributed by atoms with van der Waals surface area (Å²) in [5, 5.41) is 9.80. The van der Waals surface area contributed by atoms with Crippen LogP contribution in [0.1, 0.15) is 30.9 Å². The number of aliphatic hydroxyl groups is 1. The van der Waals surface area contributed by atoms with E-state index in [9.17, 15) is 38.5 Å². The van der Waals surface area contributed by atoms with Crippen LogP contribution in [0.2, 0.25) is 0 Å². The van der Waals surface area contributed by atoms with Crippen LogP contribution in [-0.4, -0.2) is 86.5 Å². The van der Waals surface area contributed by atoms with Gasteiger partial charge in [0.15, 0.2) is 11.5 Å². The van der Waals surface area contributed by atoms with Crippen LogP contribution in [0, 0.1) is 6.92 Å². The third kappa shape index (κ3) is 6.53. The summed E-state index contributed by atoms with van der Waals surface area (Å²) >= 11 is 0. The summed E-state index contributed by atoms with van der Waals surface area (Å²) in [5.74, 6) is 0.134. The average molecular weight is 635 g/mol. The van der Waals surface area contributed by atoms with Crippen molar-refractivity contribution < 1.29 is 52.0 Å². The Hall–Kier alpha value is -2.87. The highest BCUT2D eigenvalue weighted by molar-refractivity contribution is 7.47. The van der Waals surface area contributed by atoms with E-state index in [-0.39, 0.29) is 24.2 Å². The number of fused-ring (bicyclic) bond motifs is 1. The fourth-order valence-corrected chi connectivity index (χ4v) is 6.24. The predicted molar refractivity (Wildman–Crippen MR) is 138 cm³/mol. The van der Waals surface area contributed by atoms with Crippen LogP contribution < -0.4 is 17.0 Å². The molecule has 3 aromatic rings. The maximum absolute atomic E-state index is 12.9. The highest BCUT2D eigenvalue weighted by Gasteiger charge is 2.45. The number of nitrogens with zero attached hydrogens (tertiary/aromatic N) is 5. The molecule has 20 nitrogen and oxygen atoms in total. The van der Waals surface area contributed by atoms with Crippen molar-refractivity contribution >= 4 is 32.6 Å². The van der Waals surface area contributed by atoms with Gasteiger partial charge in [-0.1, -0.05) is 0 Å². The average Bonchev–Trinajstić information content (AvgIpc) is 3.61. The number of H-pyrrole nitrogens is 1. The van der Waals surface area contributed by atoms with E-state index in [1.807, 2.05) is 0 Å². The molecular weight excluding hydrogens is 608 g/mol. The van der Waals surface area contributed by atoms with E-state index in [2.05, 4.69) is 19.9 Å². The zero-order chi connectivity index (χ0) is 30.4. The van der Waals surface area contributed by atoms with Gasteiger partial charge in [-0.2, -0.15) is 0 Å². The van der Waals surface area contributed by atoms with Crippen LogP contribution in [0.3, 0.4) is 0 Å². The molecule has 7 N–H and O–H groups in total. The SMILES string of the molecule is Cc1cn([C@H]2C[C@H](OP(=O)(O)O)[C@@H](COP(=O)(O)O[C@H]3C[C@H](n4cnc5c(N)ncnc54)O[C@@H]3CO)O2)c(=O)[nH]c1=O. The van der Waals surface area contributed by atoms with Crippen LogP contribution in [0.4, 0.5) is 5.82 Å². The molecule has 0 amide bonds. The van der Waals surface area contributed by atoms with Crippen LogP contribution >= 0.6 is 15.6 Å². The second-order valence-electron chi connectivity index (χ2n) is 9.52. The molecule has 0 radical (unpaired) electrons. The second kappa shape index (κ2) is 11.7. The molecule has 0 bridgehead atoms. The maximum Gasteiger partial charge on any atom is 0.472 e. The van der Waals surface area contributed by atoms with Gasteiger partial charge in [0.1, 0.15) is 48.7 Å². The van der Waals surface area contributed by atoms with Gasteiger partial charge in [-0.25, -0.2) is 28.9 Å². The van der Waals surface area contributed by atoms with Crippen LogP contribution in [0.25, 0.3) is 11.2 Å². The van der Waals surface area contributed by atoms with Gasteiger partial charge >= 0.3 is 21.3 Å². The smallest absolute Gasteiger partial charge is 0.394 e. The Balaban J connectivity index is 1.27.